The molecule has 0 spiro atoms. The Morgan fingerprint density at radius 3 is 2.82 bits per heavy atom. The standard InChI is InChI=1S/C18H23N7OS2/c1-3-15-22-18(28-23-15)25-8-6-24(7-9-25)17(19-2)20-11-13-12-26-16(21-13)14-5-4-10-27-14/h4-5,10,12H,3,6-9,11H2,1-2H3,(H,19,20). The third-order valence-corrected chi connectivity index (χ3v) is 6.22. The molecule has 1 fully saturated rings. The number of hydrogen-bond acceptors (Lipinski definition) is 8. The second-order valence-electron chi connectivity index (χ2n) is 6.34. The molecule has 4 rings (SSSR count). The molecular weight excluding hydrogens is 394 g/mol. The van der Waals surface area contributed by atoms with Gasteiger partial charge in [0.25, 0.3) is 0 Å². The predicted molar refractivity (Wildman–Crippen MR) is 113 cm³/mol. The molecule has 0 atom stereocenters. The van der Waals surface area contributed by atoms with Crippen molar-refractivity contribution < 1.29 is 4.42 Å². The summed E-state index contributed by atoms with van der Waals surface area (Å²) in [5, 5.41) is 6.43. The SMILES string of the molecule is CCc1nsc(N2CCN(C(=NC)NCc3coc(-c4cccs4)n3)CC2)n1. The lowest BCUT2D eigenvalue weighted by molar-refractivity contribution is 0.372. The minimum atomic E-state index is 0.581. The molecule has 0 saturated carbocycles. The largest absolute Gasteiger partial charge is 0.443 e. The van der Waals surface area contributed by atoms with E-state index < -0.39 is 0 Å². The lowest BCUT2D eigenvalue weighted by Gasteiger charge is -2.36. The normalized spacial score (nSPS) is 15.3. The van der Waals surface area contributed by atoms with Gasteiger partial charge in [0.1, 0.15) is 12.1 Å². The van der Waals surface area contributed by atoms with Gasteiger partial charge in [0.05, 0.1) is 17.1 Å². The molecule has 10 heteroatoms. The number of nitrogens with one attached hydrogen (secondary N) is 1. The minimum absolute atomic E-state index is 0.581. The predicted octanol–water partition coefficient (Wildman–Crippen LogP) is 2.71. The number of oxazole rings is 1. The van der Waals surface area contributed by atoms with Crippen molar-refractivity contribution in [3.63, 3.8) is 0 Å². The maximum Gasteiger partial charge on any atom is 0.236 e. The molecule has 0 aliphatic carbocycles. The van der Waals surface area contributed by atoms with Crippen LogP contribution in [0.5, 0.6) is 0 Å². The van der Waals surface area contributed by atoms with Gasteiger partial charge in [-0.3, -0.25) is 4.99 Å². The van der Waals surface area contributed by atoms with Gasteiger partial charge in [0, 0.05) is 51.2 Å². The quantitative estimate of drug-likeness (QED) is 0.505. The number of aliphatic imine (C=N–C) groups is 1. The number of nitrogens with zero attached hydrogens (tertiary/aromatic N) is 6. The maximum atomic E-state index is 5.58. The van der Waals surface area contributed by atoms with Crippen LogP contribution in [0.3, 0.4) is 0 Å². The Balaban J connectivity index is 1.30. The van der Waals surface area contributed by atoms with Gasteiger partial charge in [-0.2, -0.15) is 4.37 Å². The van der Waals surface area contributed by atoms with Gasteiger partial charge < -0.3 is 19.5 Å². The monoisotopic (exact) mass is 417 g/mol. The summed E-state index contributed by atoms with van der Waals surface area (Å²) < 4.78 is 9.97. The Morgan fingerprint density at radius 2 is 2.14 bits per heavy atom. The molecule has 0 radical (unpaired) electrons. The van der Waals surface area contributed by atoms with E-state index in [1.807, 2.05) is 24.6 Å². The van der Waals surface area contributed by atoms with Crippen LogP contribution in [0.15, 0.2) is 33.2 Å². The van der Waals surface area contributed by atoms with Gasteiger partial charge in [0.15, 0.2) is 5.96 Å². The molecule has 3 aromatic rings. The van der Waals surface area contributed by atoms with Crippen molar-refractivity contribution in [2.45, 2.75) is 19.9 Å². The molecule has 148 valence electrons. The number of piperazine rings is 1. The molecule has 1 saturated heterocycles. The zero-order valence-electron chi connectivity index (χ0n) is 16.0. The Bertz CT molecular complexity index is 910. The van der Waals surface area contributed by atoms with Crippen molar-refractivity contribution >= 4 is 34.0 Å². The van der Waals surface area contributed by atoms with Gasteiger partial charge in [0.2, 0.25) is 11.0 Å². The molecule has 3 aromatic heterocycles. The average molecular weight is 418 g/mol. The molecule has 0 amide bonds. The van der Waals surface area contributed by atoms with Crippen molar-refractivity contribution in [1.82, 2.24) is 24.6 Å². The van der Waals surface area contributed by atoms with Gasteiger partial charge in [-0.05, 0) is 11.4 Å². The van der Waals surface area contributed by atoms with E-state index in [2.05, 4.69) is 41.4 Å². The third kappa shape index (κ3) is 4.17. The van der Waals surface area contributed by atoms with Crippen LogP contribution in [0.1, 0.15) is 18.4 Å². The maximum absolute atomic E-state index is 5.58. The van der Waals surface area contributed by atoms with Crippen molar-refractivity contribution in [3.8, 4) is 10.8 Å². The van der Waals surface area contributed by atoms with E-state index in [-0.39, 0.29) is 0 Å². The highest BCUT2D eigenvalue weighted by atomic mass is 32.1. The van der Waals surface area contributed by atoms with Crippen molar-refractivity contribution in [1.29, 1.82) is 0 Å². The molecule has 1 aliphatic rings. The van der Waals surface area contributed by atoms with Crippen LogP contribution >= 0.6 is 22.9 Å². The Morgan fingerprint density at radius 1 is 1.29 bits per heavy atom. The summed E-state index contributed by atoms with van der Waals surface area (Å²) in [6.45, 7) is 6.26. The highest BCUT2D eigenvalue weighted by Crippen LogP contribution is 2.23. The molecular formula is C18H23N7OS2. The molecule has 1 N–H and O–H groups in total. The van der Waals surface area contributed by atoms with Crippen LogP contribution in [-0.4, -0.2) is 58.4 Å². The number of aryl methyl sites for hydroxylation is 1. The number of thiophene rings is 1. The van der Waals surface area contributed by atoms with E-state index in [4.69, 9.17) is 4.42 Å². The van der Waals surface area contributed by atoms with Crippen molar-refractivity contribution in [2.75, 3.05) is 38.1 Å². The van der Waals surface area contributed by atoms with Crippen LogP contribution in [-0.2, 0) is 13.0 Å². The summed E-state index contributed by atoms with van der Waals surface area (Å²) in [4.78, 5) is 19.2. The van der Waals surface area contributed by atoms with Crippen LogP contribution in [0.25, 0.3) is 10.8 Å². The third-order valence-electron chi connectivity index (χ3n) is 4.55. The smallest absolute Gasteiger partial charge is 0.236 e. The van der Waals surface area contributed by atoms with E-state index in [1.54, 1.807) is 17.6 Å². The molecule has 0 bridgehead atoms. The minimum Gasteiger partial charge on any atom is -0.443 e. The van der Waals surface area contributed by atoms with E-state index in [0.29, 0.717) is 12.4 Å². The van der Waals surface area contributed by atoms with Gasteiger partial charge in [-0.1, -0.05) is 13.0 Å². The molecule has 28 heavy (non-hydrogen) atoms. The first kappa shape index (κ1) is 18.9. The van der Waals surface area contributed by atoms with Crippen LogP contribution in [0.2, 0.25) is 0 Å². The summed E-state index contributed by atoms with van der Waals surface area (Å²) >= 11 is 3.11. The molecule has 0 unspecified atom stereocenters. The van der Waals surface area contributed by atoms with E-state index in [9.17, 15) is 0 Å². The fourth-order valence-electron chi connectivity index (χ4n) is 3.03. The zero-order chi connectivity index (χ0) is 19.3. The number of anilines is 1. The Kier molecular flexibility index (Phi) is 5.87. The molecule has 1 aliphatic heterocycles. The topological polar surface area (TPSA) is 82.7 Å². The zero-order valence-corrected chi connectivity index (χ0v) is 17.6. The van der Waals surface area contributed by atoms with Gasteiger partial charge in [-0.25, -0.2) is 9.97 Å². The van der Waals surface area contributed by atoms with Crippen LogP contribution < -0.4 is 10.2 Å². The van der Waals surface area contributed by atoms with E-state index >= 15 is 0 Å². The molecule has 4 heterocycles. The highest BCUT2D eigenvalue weighted by molar-refractivity contribution is 7.13. The fraction of sp³-hybridized carbons (Fsp3) is 0.444. The Hall–Kier alpha value is -2.46. The van der Waals surface area contributed by atoms with Crippen LogP contribution in [0, 0.1) is 0 Å². The fourth-order valence-corrected chi connectivity index (χ4v) is 4.49. The number of rotatable bonds is 5. The highest BCUT2D eigenvalue weighted by Gasteiger charge is 2.22. The molecule has 0 aromatic carbocycles. The summed E-state index contributed by atoms with van der Waals surface area (Å²) in [5.74, 6) is 2.47. The number of hydrogen-bond donors (Lipinski definition) is 1. The summed E-state index contributed by atoms with van der Waals surface area (Å²) in [5.41, 5.74) is 0.865. The first-order chi connectivity index (χ1) is 13.8. The summed E-state index contributed by atoms with van der Waals surface area (Å²) in [6, 6.07) is 4.00. The summed E-state index contributed by atoms with van der Waals surface area (Å²) in [6.07, 6.45) is 2.58. The second kappa shape index (κ2) is 8.70. The Labute approximate surface area is 172 Å². The van der Waals surface area contributed by atoms with Gasteiger partial charge >= 0.3 is 0 Å². The van der Waals surface area contributed by atoms with Crippen LogP contribution in [0.4, 0.5) is 5.13 Å². The van der Waals surface area contributed by atoms with E-state index in [0.717, 1.165) is 60.1 Å². The molecule has 8 nitrogen and oxygen atoms in total. The number of aromatic nitrogens is 3. The lowest BCUT2D eigenvalue weighted by atomic mass is 10.3. The first-order valence-corrected chi connectivity index (χ1v) is 10.9. The number of guanidine groups is 1. The van der Waals surface area contributed by atoms with Crippen molar-refractivity contribution in [2.24, 2.45) is 4.99 Å². The average Bonchev–Trinajstić information content (AvgIpc) is 3.49. The van der Waals surface area contributed by atoms with Crippen molar-refractivity contribution in [3.05, 3.63) is 35.3 Å². The first-order valence-electron chi connectivity index (χ1n) is 9.28. The lowest BCUT2D eigenvalue weighted by Crippen LogP contribution is -2.52. The summed E-state index contributed by atoms with van der Waals surface area (Å²) in [7, 11) is 1.81. The van der Waals surface area contributed by atoms with E-state index in [1.165, 1.54) is 11.5 Å². The van der Waals surface area contributed by atoms with Gasteiger partial charge in [-0.15, -0.1) is 11.3 Å². The second-order valence-corrected chi connectivity index (χ2v) is 8.02.